The third kappa shape index (κ3) is 2.92. The van der Waals surface area contributed by atoms with Crippen LogP contribution in [0.1, 0.15) is 21.9 Å². The van der Waals surface area contributed by atoms with Gasteiger partial charge in [0.2, 0.25) is 0 Å². The van der Waals surface area contributed by atoms with Crippen LogP contribution in [-0.4, -0.2) is 27.0 Å². The first kappa shape index (κ1) is 15.5. The Hall–Kier alpha value is -1.90. The van der Waals surface area contributed by atoms with Gasteiger partial charge in [0.25, 0.3) is 5.91 Å². The molecule has 0 aliphatic rings. The van der Waals surface area contributed by atoms with Crippen LogP contribution in [-0.2, 0) is 6.18 Å². The highest BCUT2D eigenvalue weighted by Gasteiger charge is 2.36. The van der Waals surface area contributed by atoms with Crippen molar-refractivity contribution in [2.24, 2.45) is 0 Å². The molecule has 2 rings (SSSR count). The largest absolute Gasteiger partial charge is 0.433 e. The molecule has 2 heterocycles. The number of carbonyl (C=O) groups is 1. The lowest BCUT2D eigenvalue weighted by molar-refractivity contribution is -0.142. The number of amides is 1. The number of aromatic nitrogens is 3. The van der Waals surface area contributed by atoms with Crippen LogP contribution in [0.3, 0.4) is 0 Å². The maximum Gasteiger partial charge on any atom is 0.433 e. The van der Waals surface area contributed by atoms with Crippen LogP contribution in [0, 0.1) is 6.92 Å². The molecule has 1 N–H and O–H groups in total. The van der Waals surface area contributed by atoms with Gasteiger partial charge < -0.3 is 5.32 Å². The summed E-state index contributed by atoms with van der Waals surface area (Å²) in [5.41, 5.74) is -1.05. The molecule has 0 atom stereocenters. The third-order valence-electron chi connectivity index (χ3n) is 2.57. The SMILES string of the molecule is C=CCNC(=O)c1nn2c(C(F)(F)F)cc(C)nc2c1Br. The molecule has 2 aromatic heterocycles. The number of hydrogen-bond donors (Lipinski definition) is 1. The fourth-order valence-corrected chi connectivity index (χ4v) is 2.22. The average Bonchev–Trinajstić information content (AvgIpc) is 2.72. The zero-order valence-electron chi connectivity index (χ0n) is 10.8. The van der Waals surface area contributed by atoms with Gasteiger partial charge in [-0.05, 0) is 28.9 Å². The molecule has 5 nitrogen and oxygen atoms in total. The smallest absolute Gasteiger partial charge is 0.347 e. The summed E-state index contributed by atoms with van der Waals surface area (Å²) in [6.07, 6.45) is -3.16. The molecule has 21 heavy (non-hydrogen) atoms. The van der Waals surface area contributed by atoms with Crippen molar-refractivity contribution in [1.29, 1.82) is 0 Å². The van der Waals surface area contributed by atoms with Crippen LogP contribution in [0.15, 0.2) is 23.2 Å². The van der Waals surface area contributed by atoms with Crippen molar-refractivity contribution < 1.29 is 18.0 Å². The number of fused-ring (bicyclic) bond motifs is 1. The quantitative estimate of drug-likeness (QED) is 0.854. The van der Waals surface area contributed by atoms with E-state index in [1.165, 1.54) is 13.0 Å². The highest BCUT2D eigenvalue weighted by atomic mass is 79.9. The van der Waals surface area contributed by atoms with Gasteiger partial charge >= 0.3 is 6.18 Å². The van der Waals surface area contributed by atoms with Gasteiger partial charge in [0, 0.05) is 12.2 Å². The van der Waals surface area contributed by atoms with Gasteiger partial charge in [-0.15, -0.1) is 6.58 Å². The van der Waals surface area contributed by atoms with Crippen LogP contribution >= 0.6 is 15.9 Å². The van der Waals surface area contributed by atoms with Crippen molar-refractivity contribution >= 4 is 27.5 Å². The lowest BCUT2D eigenvalue weighted by Crippen LogP contribution is -2.24. The highest BCUT2D eigenvalue weighted by Crippen LogP contribution is 2.32. The molecule has 2 aromatic rings. The normalized spacial score (nSPS) is 11.7. The maximum atomic E-state index is 13.0. The summed E-state index contributed by atoms with van der Waals surface area (Å²) in [6.45, 7) is 5.05. The molecular weight excluding hydrogens is 353 g/mol. The van der Waals surface area contributed by atoms with Gasteiger partial charge in [-0.25, -0.2) is 9.50 Å². The molecule has 9 heteroatoms. The Labute approximate surface area is 126 Å². The Kier molecular flexibility index (Phi) is 4.04. The average molecular weight is 363 g/mol. The van der Waals surface area contributed by atoms with Crippen LogP contribution in [0.5, 0.6) is 0 Å². The summed E-state index contributed by atoms with van der Waals surface area (Å²) in [5.74, 6) is -0.613. The summed E-state index contributed by atoms with van der Waals surface area (Å²) in [6, 6.07) is 0.873. The molecule has 0 bridgehead atoms. The van der Waals surface area contributed by atoms with Crippen molar-refractivity contribution in [3.05, 3.63) is 40.3 Å². The zero-order valence-corrected chi connectivity index (χ0v) is 12.4. The van der Waals surface area contributed by atoms with Crippen molar-refractivity contribution in [3.63, 3.8) is 0 Å². The minimum atomic E-state index is -4.60. The topological polar surface area (TPSA) is 59.3 Å². The second kappa shape index (κ2) is 5.47. The van der Waals surface area contributed by atoms with E-state index in [1.54, 1.807) is 0 Å². The Bertz CT molecular complexity index is 723. The Morgan fingerprint density at radius 1 is 1.57 bits per heavy atom. The summed E-state index contributed by atoms with van der Waals surface area (Å²) in [7, 11) is 0. The number of hydrogen-bond acceptors (Lipinski definition) is 3. The Morgan fingerprint density at radius 2 is 2.24 bits per heavy atom. The Morgan fingerprint density at radius 3 is 2.81 bits per heavy atom. The van der Waals surface area contributed by atoms with Crippen LogP contribution in [0.2, 0.25) is 0 Å². The van der Waals surface area contributed by atoms with Gasteiger partial charge in [-0.2, -0.15) is 18.3 Å². The molecule has 0 aliphatic heterocycles. The van der Waals surface area contributed by atoms with E-state index in [0.29, 0.717) is 4.52 Å². The fraction of sp³-hybridized carbons (Fsp3) is 0.250. The van der Waals surface area contributed by atoms with E-state index in [1.807, 2.05) is 0 Å². The second-order valence-electron chi connectivity index (χ2n) is 4.18. The van der Waals surface area contributed by atoms with Crippen LogP contribution in [0.25, 0.3) is 5.65 Å². The van der Waals surface area contributed by atoms with Crippen molar-refractivity contribution in [2.75, 3.05) is 6.54 Å². The number of nitrogens with one attached hydrogen (secondary N) is 1. The molecule has 0 spiro atoms. The minimum Gasteiger partial charge on any atom is -0.347 e. The number of carbonyl (C=O) groups excluding carboxylic acids is 1. The standard InChI is InChI=1S/C12H10BrF3N4O/c1-3-4-17-11(21)9-8(13)10-18-6(2)5-7(12(14,15)16)20(10)19-9/h3,5H,1,4H2,2H3,(H,17,21). The molecular formula is C12H10BrF3N4O. The first-order valence-electron chi connectivity index (χ1n) is 5.78. The fourth-order valence-electron chi connectivity index (χ4n) is 1.71. The summed E-state index contributed by atoms with van der Waals surface area (Å²) in [5, 5.41) is 6.16. The van der Waals surface area contributed by atoms with Gasteiger partial charge in [0.05, 0.1) is 4.47 Å². The molecule has 0 fully saturated rings. The van der Waals surface area contributed by atoms with E-state index in [-0.39, 0.29) is 28.1 Å². The van der Waals surface area contributed by atoms with E-state index in [4.69, 9.17) is 0 Å². The third-order valence-corrected chi connectivity index (χ3v) is 3.30. The summed E-state index contributed by atoms with van der Waals surface area (Å²) >= 11 is 3.08. The van der Waals surface area contributed by atoms with Crippen LogP contribution < -0.4 is 5.32 Å². The van der Waals surface area contributed by atoms with Crippen molar-refractivity contribution in [1.82, 2.24) is 19.9 Å². The molecule has 0 unspecified atom stereocenters. The van der Waals surface area contributed by atoms with E-state index in [0.717, 1.165) is 6.07 Å². The molecule has 0 aliphatic carbocycles. The van der Waals surface area contributed by atoms with E-state index in [9.17, 15) is 18.0 Å². The first-order chi connectivity index (χ1) is 9.75. The molecule has 0 aromatic carbocycles. The van der Waals surface area contributed by atoms with Crippen LogP contribution in [0.4, 0.5) is 13.2 Å². The summed E-state index contributed by atoms with van der Waals surface area (Å²) < 4.78 is 39.8. The summed E-state index contributed by atoms with van der Waals surface area (Å²) in [4.78, 5) is 15.9. The number of alkyl halides is 3. The van der Waals surface area contributed by atoms with Crippen molar-refractivity contribution in [3.8, 4) is 0 Å². The van der Waals surface area contributed by atoms with Gasteiger partial charge in [0.1, 0.15) is 5.69 Å². The van der Waals surface area contributed by atoms with E-state index in [2.05, 4.69) is 37.9 Å². The predicted molar refractivity (Wildman–Crippen MR) is 73.0 cm³/mol. The molecule has 1 amide bonds. The minimum absolute atomic E-state index is 0.0638. The zero-order chi connectivity index (χ0) is 15.8. The molecule has 0 radical (unpaired) electrons. The molecule has 112 valence electrons. The van der Waals surface area contributed by atoms with Crippen molar-refractivity contribution in [2.45, 2.75) is 13.1 Å². The number of rotatable bonds is 3. The van der Waals surface area contributed by atoms with Gasteiger partial charge in [-0.3, -0.25) is 4.79 Å². The monoisotopic (exact) mass is 362 g/mol. The predicted octanol–water partition coefficient (Wildman–Crippen LogP) is 2.73. The second-order valence-corrected chi connectivity index (χ2v) is 4.97. The highest BCUT2D eigenvalue weighted by molar-refractivity contribution is 9.10. The Balaban J connectivity index is 2.65. The first-order valence-corrected chi connectivity index (χ1v) is 6.57. The van der Waals surface area contributed by atoms with E-state index < -0.39 is 17.8 Å². The van der Waals surface area contributed by atoms with Gasteiger partial charge in [-0.1, -0.05) is 6.08 Å². The maximum absolute atomic E-state index is 13.0. The lowest BCUT2D eigenvalue weighted by Gasteiger charge is -2.09. The van der Waals surface area contributed by atoms with E-state index >= 15 is 0 Å². The van der Waals surface area contributed by atoms with Gasteiger partial charge in [0.15, 0.2) is 11.3 Å². The molecule has 0 saturated carbocycles. The molecule has 0 saturated heterocycles. The number of halogens is 4. The number of nitrogens with zero attached hydrogens (tertiary/aromatic N) is 3. The lowest BCUT2D eigenvalue weighted by atomic mass is 10.3. The number of aryl methyl sites for hydroxylation is 1.